The van der Waals surface area contributed by atoms with Gasteiger partial charge >= 0.3 is 0 Å². The average molecular weight is 423 g/mol. The van der Waals surface area contributed by atoms with Gasteiger partial charge in [-0.25, -0.2) is 4.98 Å². The molecule has 4 aromatic rings. The molecule has 0 unspecified atom stereocenters. The Balaban J connectivity index is 1.66. The molecule has 6 nitrogen and oxygen atoms in total. The van der Waals surface area contributed by atoms with Crippen LogP contribution in [0.3, 0.4) is 0 Å². The van der Waals surface area contributed by atoms with Crippen LogP contribution in [0.4, 0.5) is 11.5 Å². The van der Waals surface area contributed by atoms with Gasteiger partial charge in [0.1, 0.15) is 10.6 Å². The predicted octanol–water partition coefficient (Wildman–Crippen LogP) is 5.48. The maximum absolute atomic E-state index is 11.2. The molecule has 0 aliphatic carbocycles. The second-order valence-electron chi connectivity index (χ2n) is 6.89. The summed E-state index contributed by atoms with van der Waals surface area (Å²) in [5, 5.41) is 14.3. The molecular formula is C21H15ClN4O2S. The standard InChI is InChI=1S/C21H15ClN4O2S/c22-21-23-19(25-9-8-13-4-1-2-5-15(13)11-25)18-17(12-29-20(18)24-21)14-6-3-7-16(10-14)26(27)28/h1-7,10,12H,8-9,11H2. The number of thiophene rings is 1. The van der Waals surface area contributed by atoms with Crippen LogP contribution in [0.1, 0.15) is 11.1 Å². The molecule has 8 heteroatoms. The largest absolute Gasteiger partial charge is 0.351 e. The van der Waals surface area contributed by atoms with E-state index in [2.05, 4.69) is 33.1 Å². The number of non-ortho nitro benzene ring substituents is 1. The molecule has 2 aromatic carbocycles. The van der Waals surface area contributed by atoms with E-state index in [9.17, 15) is 10.1 Å². The molecule has 0 bridgehead atoms. The molecule has 5 rings (SSSR count). The van der Waals surface area contributed by atoms with Crippen LogP contribution >= 0.6 is 22.9 Å². The van der Waals surface area contributed by atoms with Crippen LogP contribution in [0.15, 0.2) is 53.9 Å². The number of aromatic nitrogens is 2. The van der Waals surface area contributed by atoms with E-state index in [4.69, 9.17) is 11.6 Å². The molecule has 0 radical (unpaired) electrons. The third kappa shape index (κ3) is 3.22. The number of halogens is 1. The lowest BCUT2D eigenvalue weighted by atomic mass is 9.99. The number of hydrogen-bond donors (Lipinski definition) is 0. The Morgan fingerprint density at radius 1 is 1.10 bits per heavy atom. The van der Waals surface area contributed by atoms with Gasteiger partial charge in [0.2, 0.25) is 5.28 Å². The van der Waals surface area contributed by atoms with Gasteiger partial charge < -0.3 is 4.90 Å². The molecule has 1 aliphatic heterocycles. The van der Waals surface area contributed by atoms with Gasteiger partial charge in [0.15, 0.2) is 0 Å². The van der Waals surface area contributed by atoms with Crippen LogP contribution in [-0.4, -0.2) is 21.4 Å². The van der Waals surface area contributed by atoms with E-state index in [1.54, 1.807) is 12.1 Å². The highest BCUT2D eigenvalue weighted by atomic mass is 35.5. The number of nitro benzene ring substituents is 1. The van der Waals surface area contributed by atoms with Gasteiger partial charge in [-0.2, -0.15) is 4.98 Å². The van der Waals surface area contributed by atoms with Crippen molar-refractivity contribution in [2.75, 3.05) is 11.4 Å². The van der Waals surface area contributed by atoms with E-state index in [1.165, 1.54) is 28.5 Å². The first-order chi connectivity index (χ1) is 14.1. The molecule has 2 aromatic heterocycles. The SMILES string of the molecule is O=[N+]([O-])c1cccc(-c2csc3nc(Cl)nc(N4CCc5ccccc5C4)c23)c1. The summed E-state index contributed by atoms with van der Waals surface area (Å²) in [4.78, 5) is 22.8. The van der Waals surface area contributed by atoms with Crippen molar-refractivity contribution in [3.05, 3.63) is 80.4 Å². The minimum atomic E-state index is -0.381. The van der Waals surface area contributed by atoms with Crippen molar-refractivity contribution in [3.63, 3.8) is 0 Å². The molecule has 0 N–H and O–H groups in total. The fraction of sp³-hybridized carbons (Fsp3) is 0.143. The highest BCUT2D eigenvalue weighted by molar-refractivity contribution is 7.17. The van der Waals surface area contributed by atoms with Gasteiger partial charge in [-0.15, -0.1) is 11.3 Å². The third-order valence-electron chi connectivity index (χ3n) is 5.19. The lowest BCUT2D eigenvalue weighted by Gasteiger charge is -2.30. The predicted molar refractivity (Wildman–Crippen MR) is 116 cm³/mol. The molecule has 0 fully saturated rings. The number of hydrogen-bond acceptors (Lipinski definition) is 6. The monoisotopic (exact) mass is 422 g/mol. The number of anilines is 1. The number of rotatable bonds is 3. The van der Waals surface area contributed by atoms with Crippen LogP contribution in [0.25, 0.3) is 21.3 Å². The Hall–Kier alpha value is -3.03. The van der Waals surface area contributed by atoms with Crippen LogP contribution in [0, 0.1) is 10.1 Å². The summed E-state index contributed by atoms with van der Waals surface area (Å²) < 4.78 is 0. The minimum Gasteiger partial charge on any atom is -0.351 e. The summed E-state index contributed by atoms with van der Waals surface area (Å²) in [5.41, 5.74) is 4.34. The zero-order valence-corrected chi connectivity index (χ0v) is 16.8. The van der Waals surface area contributed by atoms with Crippen molar-refractivity contribution in [3.8, 4) is 11.1 Å². The number of fused-ring (bicyclic) bond motifs is 2. The molecule has 3 heterocycles. The van der Waals surface area contributed by atoms with Crippen LogP contribution in [-0.2, 0) is 13.0 Å². The number of nitro groups is 1. The van der Waals surface area contributed by atoms with Gasteiger partial charge in [0.25, 0.3) is 5.69 Å². The van der Waals surface area contributed by atoms with E-state index in [0.717, 1.165) is 46.7 Å². The van der Waals surface area contributed by atoms with E-state index in [0.29, 0.717) is 0 Å². The van der Waals surface area contributed by atoms with Gasteiger partial charge in [-0.1, -0.05) is 36.4 Å². The highest BCUT2D eigenvalue weighted by Crippen LogP contribution is 2.40. The maximum atomic E-state index is 11.2. The Bertz CT molecular complexity index is 1260. The number of nitrogens with zero attached hydrogens (tertiary/aromatic N) is 4. The second-order valence-corrected chi connectivity index (χ2v) is 8.09. The summed E-state index contributed by atoms with van der Waals surface area (Å²) >= 11 is 7.70. The Morgan fingerprint density at radius 3 is 2.76 bits per heavy atom. The molecule has 0 saturated carbocycles. The van der Waals surface area contributed by atoms with Gasteiger partial charge in [-0.3, -0.25) is 10.1 Å². The second kappa shape index (κ2) is 7.09. The van der Waals surface area contributed by atoms with Crippen molar-refractivity contribution in [1.29, 1.82) is 0 Å². The molecule has 29 heavy (non-hydrogen) atoms. The van der Waals surface area contributed by atoms with Gasteiger partial charge in [-0.05, 0) is 34.7 Å². The Morgan fingerprint density at radius 2 is 1.93 bits per heavy atom. The van der Waals surface area contributed by atoms with Crippen molar-refractivity contribution in [2.45, 2.75) is 13.0 Å². The molecule has 0 saturated heterocycles. The lowest BCUT2D eigenvalue weighted by Crippen LogP contribution is -2.31. The quantitative estimate of drug-likeness (QED) is 0.248. The van der Waals surface area contributed by atoms with E-state index < -0.39 is 0 Å². The zero-order valence-electron chi connectivity index (χ0n) is 15.2. The van der Waals surface area contributed by atoms with Crippen LogP contribution < -0.4 is 4.90 Å². The highest BCUT2D eigenvalue weighted by Gasteiger charge is 2.23. The molecule has 0 spiro atoms. The van der Waals surface area contributed by atoms with Crippen molar-refractivity contribution in [2.24, 2.45) is 0 Å². The molecule has 0 atom stereocenters. The summed E-state index contributed by atoms with van der Waals surface area (Å²) in [7, 11) is 0. The minimum absolute atomic E-state index is 0.0604. The molecule has 0 amide bonds. The summed E-state index contributed by atoms with van der Waals surface area (Å²) in [5.74, 6) is 0.775. The van der Waals surface area contributed by atoms with Crippen LogP contribution in [0.5, 0.6) is 0 Å². The Kier molecular flexibility index (Phi) is 4.41. The van der Waals surface area contributed by atoms with Crippen LogP contribution in [0.2, 0.25) is 5.28 Å². The first-order valence-electron chi connectivity index (χ1n) is 9.11. The topological polar surface area (TPSA) is 72.2 Å². The van der Waals surface area contributed by atoms with E-state index in [-0.39, 0.29) is 15.9 Å². The fourth-order valence-corrected chi connectivity index (χ4v) is 4.96. The number of benzene rings is 2. The summed E-state index contributed by atoms with van der Waals surface area (Å²) in [6.07, 6.45) is 0.926. The molecule has 144 valence electrons. The molecule has 1 aliphatic rings. The Labute approximate surface area is 175 Å². The van der Waals surface area contributed by atoms with Crippen molar-refractivity contribution < 1.29 is 4.92 Å². The lowest BCUT2D eigenvalue weighted by molar-refractivity contribution is -0.384. The zero-order chi connectivity index (χ0) is 20.0. The van der Waals surface area contributed by atoms with Crippen molar-refractivity contribution >= 4 is 44.7 Å². The van der Waals surface area contributed by atoms with Crippen molar-refractivity contribution in [1.82, 2.24) is 9.97 Å². The van der Waals surface area contributed by atoms with E-state index in [1.807, 2.05) is 17.5 Å². The normalized spacial score (nSPS) is 13.5. The first-order valence-corrected chi connectivity index (χ1v) is 10.4. The third-order valence-corrected chi connectivity index (χ3v) is 6.23. The smallest absolute Gasteiger partial charge is 0.270 e. The summed E-state index contributed by atoms with van der Waals surface area (Å²) in [6.45, 7) is 1.56. The van der Waals surface area contributed by atoms with E-state index >= 15 is 0 Å². The fourth-order valence-electron chi connectivity index (χ4n) is 3.80. The average Bonchev–Trinajstić information content (AvgIpc) is 3.16. The maximum Gasteiger partial charge on any atom is 0.270 e. The first kappa shape index (κ1) is 18.0. The van der Waals surface area contributed by atoms with Gasteiger partial charge in [0.05, 0.1) is 10.3 Å². The summed E-state index contributed by atoms with van der Waals surface area (Å²) in [6, 6.07) is 15.1. The molecular weight excluding hydrogens is 408 g/mol. The van der Waals surface area contributed by atoms with Gasteiger partial charge in [0, 0.05) is 36.2 Å².